The fourth-order valence-electron chi connectivity index (χ4n) is 2.92. The molecule has 4 heteroatoms. The van der Waals surface area contributed by atoms with Crippen LogP contribution in [0.2, 0.25) is 0 Å². The first-order valence-electron chi connectivity index (χ1n) is 7.69. The van der Waals surface area contributed by atoms with Gasteiger partial charge in [0.1, 0.15) is 0 Å². The van der Waals surface area contributed by atoms with Crippen LogP contribution in [-0.4, -0.2) is 29.1 Å². The van der Waals surface area contributed by atoms with Crippen molar-refractivity contribution in [2.24, 2.45) is 0 Å². The zero-order chi connectivity index (χ0) is 14.8. The highest BCUT2D eigenvalue weighted by Gasteiger charge is 2.16. The lowest BCUT2D eigenvalue weighted by atomic mass is 10.1. The third-order valence-corrected chi connectivity index (χ3v) is 4.04. The molecule has 0 amide bonds. The zero-order valence-corrected chi connectivity index (χ0v) is 12.3. The Bertz CT molecular complexity index is 779. The van der Waals surface area contributed by atoms with Gasteiger partial charge in [-0.2, -0.15) is 0 Å². The van der Waals surface area contributed by atoms with Crippen molar-refractivity contribution >= 4 is 16.9 Å². The molecule has 1 aliphatic heterocycles. The average molecular weight is 290 g/mol. The summed E-state index contributed by atoms with van der Waals surface area (Å²) in [4.78, 5) is 9.46. The molecule has 1 aliphatic rings. The van der Waals surface area contributed by atoms with E-state index in [9.17, 15) is 0 Å². The molecule has 22 heavy (non-hydrogen) atoms. The zero-order valence-electron chi connectivity index (χ0n) is 12.3. The van der Waals surface area contributed by atoms with E-state index in [0.717, 1.165) is 41.7 Å². The summed E-state index contributed by atoms with van der Waals surface area (Å²) in [5.74, 6) is 0.714. The monoisotopic (exact) mass is 290 g/mol. The Morgan fingerprint density at radius 1 is 0.955 bits per heavy atom. The first-order valence-corrected chi connectivity index (χ1v) is 7.69. The number of aromatic nitrogens is 2. The molecule has 4 nitrogen and oxygen atoms in total. The molecule has 1 fully saturated rings. The summed E-state index contributed by atoms with van der Waals surface area (Å²) in [7, 11) is 0. The van der Waals surface area contributed by atoms with Crippen molar-refractivity contribution in [2.75, 3.05) is 18.4 Å². The van der Waals surface area contributed by atoms with Gasteiger partial charge in [0.05, 0.1) is 11.2 Å². The molecule has 0 bridgehead atoms. The van der Waals surface area contributed by atoms with Crippen molar-refractivity contribution in [1.29, 1.82) is 0 Å². The van der Waals surface area contributed by atoms with Gasteiger partial charge in [-0.1, -0.05) is 48.5 Å². The molecule has 1 atom stereocenters. The molecule has 110 valence electrons. The molecular formula is C18H18N4. The fraction of sp³-hybridized carbons (Fsp3) is 0.222. The van der Waals surface area contributed by atoms with Crippen LogP contribution in [0.4, 0.5) is 5.95 Å². The second-order valence-corrected chi connectivity index (χ2v) is 5.61. The molecule has 2 aromatic carbocycles. The maximum Gasteiger partial charge on any atom is 0.224 e. The number of para-hydroxylation sites is 1. The van der Waals surface area contributed by atoms with Gasteiger partial charge >= 0.3 is 0 Å². The second-order valence-electron chi connectivity index (χ2n) is 5.61. The van der Waals surface area contributed by atoms with Crippen molar-refractivity contribution in [3.63, 3.8) is 0 Å². The first-order chi connectivity index (χ1) is 10.9. The van der Waals surface area contributed by atoms with E-state index in [1.165, 1.54) is 0 Å². The van der Waals surface area contributed by atoms with Gasteiger partial charge in [-0.15, -0.1) is 0 Å². The number of fused-ring (bicyclic) bond motifs is 1. The van der Waals surface area contributed by atoms with Gasteiger partial charge < -0.3 is 10.6 Å². The quantitative estimate of drug-likeness (QED) is 0.778. The number of benzene rings is 2. The molecule has 2 N–H and O–H groups in total. The maximum atomic E-state index is 4.78. The lowest BCUT2D eigenvalue weighted by Gasteiger charge is -2.14. The van der Waals surface area contributed by atoms with E-state index in [1.54, 1.807) is 0 Å². The Morgan fingerprint density at radius 3 is 2.59 bits per heavy atom. The number of hydrogen-bond donors (Lipinski definition) is 2. The predicted molar refractivity (Wildman–Crippen MR) is 89.9 cm³/mol. The van der Waals surface area contributed by atoms with Gasteiger partial charge in [-0.3, -0.25) is 0 Å². The maximum absolute atomic E-state index is 4.78. The molecule has 1 aromatic heterocycles. The van der Waals surface area contributed by atoms with Gasteiger partial charge in [-0.05, 0) is 19.0 Å². The van der Waals surface area contributed by atoms with Crippen LogP contribution in [0, 0.1) is 0 Å². The van der Waals surface area contributed by atoms with Gasteiger partial charge in [-0.25, -0.2) is 9.97 Å². The first kappa shape index (κ1) is 13.2. The Morgan fingerprint density at radius 2 is 1.77 bits per heavy atom. The highest BCUT2D eigenvalue weighted by molar-refractivity contribution is 5.93. The minimum atomic E-state index is 0.407. The molecule has 2 heterocycles. The van der Waals surface area contributed by atoms with Crippen LogP contribution in [0.15, 0.2) is 54.6 Å². The van der Waals surface area contributed by atoms with Crippen LogP contribution < -0.4 is 10.6 Å². The SMILES string of the molecule is c1ccc(-c2nc(N[C@@H]3CCNC3)nc3ccccc23)cc1. The van der Waals surface area contributed by atoms with E-state index in [-0.39, 0.29) is 0 Å². The van der Waals surface area contributed by atoms with E-state index in [0.29, 0.717) is 12.0 Å². The summed E-state index contributed by atoms with van der Waals surface area (Å²) in [5, 5.41) is 7.90. The summed E-state index contributed by atoms with van der Waals surface area (Å²) in [6.07, 6.45) is 1.11. The number of hydrogen-bond acceptors (Lipinski definition) is 4. The van der Waals surface area contributed by atoms with Gasteiger partial charge in [0.2, 0.25) is 5.95 Å². The van der Waals surface area contributed by atoms with Crippen LogP contribution in [0.3, 0.4) is 0 Å². The normalized spacial score (nSPS) is 17.7. The van der Waals surface area contributed by atoms with E-state index in [4.69, 9.17) is 4.98 Å². The molecule has 0 spiro atoms. The largest absolute Gasteiger partial charge is 0.350 e. The Balaban J connectivity index is 1.82. The van der Waals surface area contributed by atoms with E-state index in [1.807, 2.05) is 36.4 Å². The lowest BCUT2D eigenvalue weighted by molar-refractivity contribution is 0.782. The van der Waals surface area contributed by atoms with E-state index < -0.39 is 0 Å². The lowest BCUT2D eigenvalue weighted by Crippen LogP contribution is -2.23. The Kier molecular flexibility index (Phi) is 3.45. The highest BCUT2D eigenvalue weighted by atomic mass is 15.1. The van der Waals surface area contributed by atoms with Crippen molar-refractivity contribution in [3.8, 4) is 11.3 Å². The number of anilines is 1. The minimum Gasteiger partial charge on any atom is -0.350 e. The molecular weight excluding hydrogens is 272 g/mol. The topological polar surface area (TPSA) is 49.8 Å². The molecule has 0 aliphatic carbocycles. The Labute approximate surface area is 129 Å². The fourth-order valence-corrected chi connectivity index (χ4v) is 2.92. The van der Waals surface area contributed by atoms with Gasteiger partial charge in [0.25, 0.3) is 0 Å². The smallest absolute Gasteiger partial charge is 0.224 e. The van der Waals surface area contributed by atoms with Crippen molar-refractivity contribution < 1.29 is 0 Å². The Hall–Kier alpha value is -2.46. The summed E-state index contributed by atoms with van der Waals surface area (Å²) < 4.78 is 0. The highest BCUT2D eigenvalue weighted by Crippen LogP contribution is 2.27. The van der Waals surface area contributed by atoms with Crippen LogP contribution in [0.25, 0.3) is 22.2 Å². The number of nitrogens with zero attached hydrogens (tertiary/aromatic N) is 2. The molecule has 1 saturated heterocycles. The predicted octanol–water partition coefficient (Wildman–Crippen LogP) is 3.07. The van der Waals surface area contributed by atoms with Crippen molar-refractivity contribution in [3.05, 3.63) is 54.6 Å². The second kappa shape index (κ2) is 5.73. The third kappa shape index (κ3) is 2.53. The standard InChI is InChI=1S/C18H18N4/c1-2-6-13(7-3-1)17-15-8-4-5-9-16(15)21-18(22-17)20-14-10-11-19-12-14/h1-9,14,19H,10-12H2,(H,20,21,22)/t14-/m1/s1. The van der Waals surface area contributed by atoms with E-state index in [2.05, 4.69) is 33.8 Å². The van der Waals surface area contributed by atoms with Crippen LogP contribution in [0.1, 0.15) is 6.42 Å². The van der Waals surface area contributed by atoms with Crippen LogP contribution in [0.5, 0.6) is 0 Å². The molecule has 3 aromatic rings. The van der Waals surface area contributed by atoms with Crippen molar-refractivity contribution in [2.45, 2.75) is 12.5 Å². The number of nitrogens with one attached hydrogen (secondary N) is 2. The van der Waals surface area contributed by atoms with Crippen molar-refractivity contribution in [1.82, 2.24) is 15.3 Å². The minimum absolute atomic E-state index is 0.407. The third-order valence-electron chi connectivity index (χ3n) is 4.04. The van der Waals surface area contributed by atoms with E-state index >= 15 is 0 Å². The van der Waals surface area contributed by atoms with Gasteiger partial charge in [0, 0.05) is 23.5 Å². The number of rotatable bonds is 3. The summed E-state index contributed by atoms with van der Waals surface area (Å²) >= 11 is 0. The summed E-state index contributed by atoms with van der Waals surface area (Å²) in [6.45, 7) is 2.02. The average Bonchev–Trinajstić information content (AvgIpc) is 3.08. The molecule has 0 saturated carbocycles. The molecule has 0 radical (unpaired) electrons. The molecule has 4 rings (SSSR count). The molecule has 0 unspecified atom stereocenters. The van der Waals surface area contributed by atoms with Gasteiger partial charge in [0.15, 0.2) is 0 Å². The van der Waals surface area contributed by atoms with Crippen LogP contribution >= 0.6 is 0 Å². The summed E-state index contributed by atoms with van der Waals surface area (Å²) in [6, 6.07) is 18.9. The van der Waals surface area contributed by atoms with Crippen LogP contribution in [-0.2, 0) is 0 Å². The summed E-state index contributed by atoms with van der Waals surface area (Å²) in [5.41, 5.74) is 3.08.